The normalized spacial score (nSPS) is 24.8. The first-order valence-electron chi connectivity index (χ1n) is 9.93. The number of hydrogen-bond donors (Lipinski definition) is 1. The van der Waals surface area contributed by atoms with E-state index in [4.69, 9.17) is 4.74 Å². The topological polar surface area (TPSA) is 76.5 Å². The highest BCUT2D eigenvalue weighted by atomic mass is 16.5. The molecule has 28 heavy (non-hydrogen) atoms. The summed E-state index contributed by atoms with van der Waals surface area (Å²) in [6.07, 6.45) is 6.12. The number of carbonyl (C=O) groups excluding carboxylic acids is 2. The van der Waals surface area contributed by atoms with E-state index in [2.05, 4.69) is 10.3 Å². The fraction of sp³-hybridized carbons (Fsp3) is 0.476. The van der Waals surface area contributed by atoms with Crippen LogP contribution in [0.5, 0.6) is 0 Å². The summed E-state index contributed by atoms with van der Waals surface area (Å²) in [6.45, 7) is 2.94. The van der Waals surface area contributed by atoms with Crippen LogP contribution in [-0.4, -0.2) is 58.6 Å². The van der Waals surface area contributed by atoms with Gasteiger partial charge in [-0.05, 0) is 30.9 Å². The summed E-state index contributed by atoms with van der Waals surface area (Å²) in [7, 11) is 0. The van der Waals surface area contributed by atoms with Crippen molar-refractivity contribution in [2.75, 3.05) is 26.2 Å². The lowest BCUT2D eigenvalue weighted by Crippen LogP contribution is -2.69. The van der Waals surface area contributed by atoms with Gasteiger partial charge in [0.2, 0.25) is 0 Å². The third kappa shape index (κ3) is 2.81. The number of aromatic nitrogens is 2. The maximum absolute atomic E-state index is 12.7. The predicted molar refractivity (Wildman–Crippen MR) is 102 cm³/mol. The maximum atomic E-state index is 12.7. The third-order valence-corrected chi connectivity index (χ3v) is 6.57. The fourth-order valence-corrected chi connectivity index (χ4v) is 4.56. The number of benzene rings is 1. The van der Waals surface area contributed by atoms with Crippen molar-refractivity contribution in [3.63, 3.8) is 0 Å². The predicted octanol–water partition coefficient (Wildman–Crippen LogP) is 1.63. The summed E-state index contributed by atoms with van der Waals surface area (Å²) in [5, 5.41) is 3.08. The zero-order valence-electron chi connectivity index (χ0n) is 15.7. The summed E-state index contributed by atoms with van der Waals surface area (Å²) in [5.41, 5.74) is 1.63. The Morgan fingerprint density at radius 1 is 1.21 bits per heavy atom. The minimum absolute atomic E-state index is 0.112. The van der Waals surface area contributed by atoms with Crippen LogP contribution >= 0.6 is 0 Å². The van der Waals surface area contributed by atoms with Gasteiger partial charge in [0.1, 0.15) is 11.8 Å². The van der Waals surface area contributed by atoms with Gasteiger partial charge in [-0.25, -0.2) is 4.98 Å². The van der Waals surface area contributed by atoms with Gasteiger partial charge >= 0.3 is 0 Å². The largest absolute Gasteiger partial charge is 0.368 e. The maximum Gasteiger partial charge on any atom is 0.269 e. The summed E-state index contributed by atoms with van der Waals surface area (Å²) < 4.78 is 7.11. The van der Waals surface area contributed by atoms with E-state index in [1.54, 1.807) is 17.1 Å². The number of imidazole rings is 1. The van der Waals surface area contributed by atoms with Crippen LogP contribution < -0.4 is 5.32 Å². The van der Waals surface area contributed by atoms with Crippen LogP contribution in [0.15, 0.2) is 42.9 Å². The van der Waals surface area contributed by atoms with Crippen LogP contribution in [0.1, 0.15) is 29.8 Å². The SMILES string of the molecule is O=C(NCC1CCC12CN(C(=O)C1CCO1)C2)c1cncn1-c1ccccc1. The van der Waals surface area contributed by atoms with E-state index in [1.807, 2.05) is 35.2 Å². The van der Waals surface area contributed by atoms with E-state index in [1.165, 1.54) is 0 Å². The minimum Gasteiger partial charge on any atom is -0.368 e. The molecule has 0 radical (unpaired) electrons. The number of hydrogen-bond acceptors (Lipinski definition) is 4. The summed E-state index contributed by atoms with van der Waals surface area (Å²) >= 11 is 0. The standard InChI is InChI=1S/C21H24N4O3/c26-19(17-11-22-14-25(17)16-4-2-1-3-5-16)23-10-15-6-8-21(15)12-24(13-21)20(27)18-7-9-28-18/h1-5,11,14-15,18H,6-10,12-13H2,(H,23,26). The first kappa shape index (κ1) is 17.4. The van der Waals surface area contributed by atoms with Gasteiger partial charge in [0.25, 0.3) is 11.8 Å². The van der Waals surface area contributed by atoms with E-state index in [0.29, 0.717) is 24.8 Å². The monoisotopic (exact) mass is 380 g/mol. The van der Waals surface area contributed by atoms with Gasteiger partial charge in [0.05, 0.1) is 19.1 Å². The molecule has 2 amide bonds. The number of nitrogens with zero attached hydrogens (tertiary/aromatic N) is 3. The van der Waals surface area contributed by atoms with Crippen LogP contribution in [-0.2, 0) is 9.53 Å². The molecule has 2 atom stereocenters. The molecule has 2 aliphatic heterocycles. The molecule has 2 aromatic rings. The Hall–Kier alpha value is -2.67. The van der Waals surface area contributed by atoms with Crippen molar-refractivity contribution in [1.29, 1.82) is 0 Å². The van der Waals surface area contributed by atoms with Gasteiger partial charge in [-0.3, -0.25) is 14.2 Å². The molecular weight excluding hydrogens is 356 g/mol. The summed E-state index contributed by atoms with van der Waals surface area (Å²) in [5.74, 6) is 0.452. The number of ether oxygens (including phenoxy) is 1. The number of amides is 2. The Bertz CT molecular complexity index is 884. The van der Waals surface area contributed by atoms with Gasteiger partial charge in [0, 0.05) is 37.2 Å². The van der Waals surface area contributed by atoms with Crippen molar-refractivity contribution >= 4 is 11.8 Å². The zero-order valence-corrected chi connectivity index (χ0v) is 15.7. The highest BCUT2D eigenvalue weighted by molar-refractivity contribution is 5.93. The molecule has 2 saturated heterocycles. The molecular formula is C21H24N4O3. The first-order chi connectivity index (χ1) is 13.7. The molecule has 3 fully saturated rings. The van der Waals surface area contributed by atoms with Crippen molar-refractivity contribution < 1.29 is 14.3 Å². The molecule has 1 aliphatic carbocycles. The lowest BCUT2D eigenvalue weighted by atomic mass is 9.55. The van der Waals surface area contributed by atoms with Crippen molar-refractivity contribution in [2.45, 2.75) is 25.4 Å². The Kier molecular flexibility index (Phi) is 4.19. The first-order valence-corrected chi connectivity index (χ1v) is 9.93. The molecule has 5 rings (SSSR count). The number of likely N-dealkylation sites (tertiary alicyclic amines) is 1. The van der Waals surface area contributed by atoms with Crippen molar-refractivity contribution in [1.82, 2.24) is 19.8 Å². The second kappa shape index (κ2) is 6.74. The Labute approximate surface area is 163 Å². The Morgan fingerprint density at radius 2 is 2.00 bits per heavy atom. The van der Waals surface area contributed by atoms with E-state index in [9.17, 15) is 9.59 Å². The lowest BCUT2D eigenvalue weighted by molar-refractivity contribution is -0.180. The molecule has 1 spiro atoms. The van der Waals surface area contributed by atoms with Gasteiger partial charge < -0.3 is 15.0 Å². The molecule has 1 aromatic carbocycles. The molecule has 7 nitrogen and oxygen atoms in total. The Balaban J connectivity index is 1.17. The van der Waals surface area contributed by atoms with Crippen molar-refractivity contribution in [2.24, 2.45) is 11.3 Å². The van der Waals surface area contributed by atoms with E-state index in [0.717, 1.165) is 38.0 Å². The molecule has 0 bridgehead atoms. The van der Waals surface area contributed by atoms with Gasteiger partial charge in [-0.2, -0.15) is 0 Å². The lowest BCUT2D eigenvalue weighted by Gasteiger charge is -2.61. The van der Waals surface area contributed by atoms with E-state index in [-0.39, 0.29) is 23.3 Å². The third-order valence-electron chi connectivity index (χ3n) is 6.57. The van der Waals surface area contributed by atoms with Crippen molar-refractivity contribution in [3.8, 4) is 5.69 Å². The molecule has 146 valence electrons. The molecule has 3 aliphatic rings. The average Bonchev–Trinajstić information content (AvgIpc) is 3.09. The van der Waals surface area contributed by atoms with Crippen molar-refractivity contribution in [3.05, 3.63) is 48.5 Å². The molecule has 1 N–H and O–H groups in total. The summed E-state index contributed by atoms with van der Waals surface area (Å²) in [4.78, 5) is 31.0. The molecule has 1 aromatic heterocycles. The number of para-hydroxylation sites is 1. The van der Waals surface area contributed by atoms with Crippen LogP contribution in [0.2, 0.25) is 0 Å². The number of carbonyl (C=O) groups is 2. The molecule has 3 heterocycles. The van der Waals surface area contributed by atoms with E-state index < -0.39 is 0 Å². The quantitative estimate of drug-likeness (QED) is 0.855. The second-order valence-corrected chi connectivity index (χ2v) is 8.13. The number of nitrogens with one attached hydrogen (secondary N) is 1. The van der Waals surface area contributed by atoms with Crippen LogP contribution in [0.3, 0.4) is 0 Å². The van der Waals surface area contributed by atoms with Gasteiger partial charge in [0.15, 0.2) is 0 Å². The molecule has 1 saturated carbocycles. The number of rotatable bonds is 5. The van der Waals surface area contributed by atoms with E-state index >= 15 is 0 Å². The van der Waals surface area contributed by atoms with Gasteiger partial charge in [-0.15, -0.1) is 0 Å². The summed E-state index contributed by atoms with van der Waals surface area (Å²) in [6, 6.07) is 9.72. The molecule has 2 unspecified atom stereocenters. The van der Waals surface area contributed by atoms with Gasteiger partial charge in [-0.1, -0.05) is 18.2 Å². The smallest absolute Gasteiger partial charge is 0.269 e. The Morgan fingerprint density at radius 3 is 2.64 bits per heavy atom. The highest BCUT2D eigenvalue weighted by Gasteiger charge is 2.56. The minimum atomic E-state index is -0.214. The van der Waals surface area contributed by atoms with Crippen LogP contribution in [0.25, 0.3) is 5.69 Å². The average molecular weight is 380 g/mol. The van der Waals surface area contributed by atoms with Crippen LogP contribution in [0, 0.1) is 11.3 Å². The second-order valence-electron chi connectivity index (χ2n) is 8.13. The zero-order chi connectivity index (χ0) is 19.1. The highest BCUT2D eigenvalue weighted by Crippen LogP contribution is 2.53. The fourth-order valence-electron chi connectivity index (χ4n) is 4.56. The van der Waals surface area contributed by atoms with Crippen LogP contribution in [0.4, 0.5) is 0 Å². The molecule has 7 heteroatoms.